The molecule has 0 radical (unpaired) electrons. The number of aromatic amines is 1. The van der Waals surface area contributed by atoms with Crippen molar-refractivity contribution in [3.05, 3.63) is 74.6 Å². The van der Waals surface area contributed by atoms with Gasteiger partial charge in [0.05, 0.1) is 10.5 Å². The number of nitro benzene ring substituents is 1. The van der Waals surface area contributed by atoms with Crippen molar-refractivity contribution in [1.29, 1.82) is 0 Å². The fourth-order valence-electron chi connectivity index (χ4n) is 2.74. The molecule has 3 aromatic rings. The molecule has 1 heterocycles. The predicted molar refractivity (Wildman–Crippen MR) is 99.8 cm³/mol. The number of alkyl halides is 3. The number of nitrogens with one attached hydrogen (secondary N) is 2. The van der Waals surface area contributed by atoms with Gasteiger partial charge in [-0.2, -0.15) is 18.3 Å². The predicted octanol–water partition coefficient (Wildman–Crippen LogP) is 5.22. The number of carbonyl (C=O) groups excluding carboxylic acids is 1. The Kier molecular flexibility index (Phi) is 5.29. The maximum Gasteiger partial charge on any atom is 0.435 e. The number of nitrogens with zero attached hydrogens (tertiary/aromatic N) is 2. The number of H-pyrrole nitrogens is 1. The molecule has 0 aliphatic rings. The van der Waals surface area contributed by atoms with E-state index in [0.29, 0.717) is 5.02 Å². The van der Waals surface area contributed by atoms with Gasteiger partial charge in [0.2, 0.25) is 0 Å². The number of halogens is 4. The quantitative estimate of drug-likeness (QED) is 0.443. The van der Waals surface area contributed by atoms with Crippen molar-refractivity contribution in [1.82, 2.24) is 10.2 Å². The number of benzene rings is 2. The van der Waals surface area contributed by atoms with E-state index in [1.165, 1.54) is 37.3 Å². The highest BCUT2D eigenvalue weighted by Gasteiger charge is 2.39. The fraction of sp³-hybridized carbons (Fsp3) is 0.111. The highest BCUT2D eigenvalue weighted by molar-refractivity contribution is 6.30. The third-order valence-electron chi connectivity index (χ3n) is 4.04. The molecule has 0 fully saturated rings. The minimum Gasteiger partial charge on any atom is -0.322 e. The number of rotatable bonds is 4. The van der Waals surface area contributed by atoms with Crippen LogP contribution in [0.1, 0.15) is 21.7 Å². The van der Waals surface area contributed by atoms with Gasteiger partial charge in [-0.05, 0) is 43.3 Å². The lowest BCUT2D eigenvalue weighted by molar-refractivity contribution is -0.384. The molecule has 0 aliphatic carbocycles. The number of carbonyl (C=O) groups is 1. The van der Waals surface area contributed by atoms with Crippen LogP contribution < -0.4 is 5.32 Å². The van der Waals surface area contributed by atoms with Crippen LogP contribution in [0.25, 0.3) is 11.1 Å². The number of amides is 1. The van der Waals surface area contributed by atoms with E-state index in [4.69, 9.17) is 11.6 Å². The summed E-state index contributed by atoms with van der Waals surface area (Å²) in [4.78, 5) is 23.0. The van der Waals surface area contributed by atoms with E-state index in [-0.39, 0.29) is 22.5 Å². The van der Waals surface area contributed by atoms with Gasteiger partial charge in [0.25, 0.3) is 11.6 Å². The van der Waals surface area contributed by atoms with E-state index >= 15 is 0 Å². The molecule has 11 heteroatoms. The molecule has 2 aromatic carbocycles. The van der Waals surface area contributed by atoms with Crippen molar-refractivity contribution < 1.29 is 22.9 Å². The fourth-order valence-corrected chi connectivity index (χ4v) is 2.87. The third kappa shape index (κ3) is 4.21. The zero-order chi connectivity index (χ0) is 21.3. The lowest BCUT2D eigenvalue weighted by Crippen LogP contribution is -2.12. The topological polar surface area (TPSA) is 101 Å². The molecule has 150 valence electrons. The molecule has 2 N–H and O–H groups in total. The minimum absolute atomic E-state index is 0.0263. The van der Waals surface area contributed by atoms with Crippen LogP contribution in [0.15, 0.2) is 42.5 Å². The molecule has 0 unspecified atom stereocenters. The van der Waals surface area contributed by atoms with Crippen molar-refractivity contribution in [2.24, 2.45) is 0 Å². The Morgan fingerprint density at radius 2 is 1.86 bits per heavy atom. The van der Waals surface area contributed by atoms with Crippen molar-refractivity contribution in [3.8, 4) is 11.1 Å². The minimum atomic E-state index is -4.80. The Morgan fingerprint density at radius 3 is 2.45 bits per heavy atom. The van der Waals surface area contributed by atoms with E-state index in [2.05, 4.69) is 15.5 Å². The Balaban J connectivity index is 2.01. The van der Waals surface area contributed by atoms with E-state index < -0.39 is 34.0 Å². The van der Waals surface area contributed by atoms with Crippen molar-refractivity contribution in [2.75, 3.05) is 5.32 Å². The van der Waals surface area contributed by atoms with Gasteiger partial charge in [-0.3, -0.25) is 20.0 Å². The van der Waals surface area contributed by atoms with Crippen molar-refractivity contribution in [2.45, 2.75) is 13.1 Å². The van der Waals surface area contributed by atoms with Crippen LogP contribution in [0.2, 0.25) is 5.02 Å². The summed E-state index contributed by atoms with van der Waals surface area (Å²) < 4.78 is 39.7. The number of aromatic nitrogens is 2. The molecular weight excluding hydrogens is 413 g/mol. The summed E-state index contributed by atoms with van der Waals surface area (Å²) in [6, 6.07) is 9.35. The molecular formula is C18H12ClF3N4O3. The second-order valence-corrected chi connectivity index (χ2v) is 6.46. The van der Waals surface area contributed by atoms with E-state index in [9.17, 15) is 28.1 Å². The zero-order valence-corrected chi connectivity index (χ0v) is 15.4. The first kappa shape index (κ1) is 20.3. The average molecular weight is 425 g/mol. The highest BCUT2D eigenvalue weighted by Crippen LogP contribution is 2.41. The van der Waals surface area contributed by atoms with Gasteiger partial charge in [0, 0.05) is 33.6 Å². The number of hydrogen-bond acceptors (Lipinski definition) is 4. The van der Waals surface area contributed by atoms with Gasteiger partial charge >= 0.3 is 6.18 Å². The number of nitro groups is 1. The highest BCUT2D eigenvalue weighted by atomic mass is 35.5. The summed E-state index contributed by atoms with van der Waals surface area (Å²) in [6.45, 7) is 1.33. The van der Waals surface area contributed by atoms with Crippen LogP contribution in [0.3, 0.4) is 0 Å². The van der Waals surface area contributed by atoms with Gasteiger partial charge < -0.3 is 5.32 Å². The first-order valence-corrected chi connectivity index (χ1v) is 8.43. The summed E-state index contributed by atoms with van der Waals surface area (Å²) >= 11 is 5.76. The monoisotopic (exact) mass is 424 g/mol. The SMILES string of the molecule is Cc1[nH]nc(C(F)(F)F)c1-c1ccc(NC(=O)c2ccc(Cl)cc2)cc1[N+](=O)[O-]. The molecule has 1 aromatic heterocycles. The van der Waals surface area contributed by atoms with Crippen LogP contribution in [0, 0.1) is 17.0 Å². The zero-order valence-electron chi connectivity index (χ0n) is 14.7. The van der Waals surface area contributed by atoms with E-state index in [1.807, 2.05) is 0 Å². The molecule has 0 bridgehead atoms. The van der Waals surface area contributed by atoms with Gasteiger partial charge in [-0.1, -0.05) is 11.6 Å². The molecule has 0 spiro atoms. The maximum absolute atomic E-state index is 13.2. The van der Waals surface area contributed by atoms with Gasteiger partial charge in [0.1, 0.15) is 0 Å². The Morgan fingerprint density at radius 1 is 1.21 bits per heavy atom. The first-order chi connectivity index (χ1) is 13.6. The summed E-state index contributed by atoms with van der Waals surface area (Å²) in [5.74, 6) is -0.556. The second kappa shape index (κ2) is 7.55. The van der Waals surface area contributed by atoms with Gasteiger partial charge in [-0.15, -0.1) is 0 Å². The van der Waals surface area contributed by atoms with Crippen LogP contribution in [-0.4, -0.2) is 21.0 Å². The largest absolute Gasteiger partial charge is 0.435 e. The molecule has 7 nitrogen and oxygen atoms in total. The first-order valence-electron chi connectivity index (χ1n) is 8.06. The van der Waals surface area contributed by atoms with E-state index in [0.717, 1.165) is 12.1 Å². The third-order valence-corrected chi connectivity index (χ3v) is 4.30. The molecule has 0 atom stereocenters. The molecule has 29 heavy (non-hydrogen) atoms. The summed E-state index contributed by atoms with van der Waals surface area (Å²) in [5.41, 5.74) is -2.21. The number of hydrogen-bond donors (Lipinski definition) is 2. The van der Waals surface area contributed by atoms with Crippen LogP contribution >= 0.6 is 11.6 Å². The van der Waals surface area contributed by atoms with Crippen LogP contribution in [0.5, 0.6) is 0 Å². The van der Waals surface area contributed by atoms with Gasteiger partial charge in [-0.25, -0.2) is 0 Å². The Labute approximate surface area is 166 Å². The summed E-state index contributed by atoms with van der Waals surface area (Å²) in [5, 5.41) is 19.8. The smallest absolute Gasteiger partial charge is 0.322 e. The average Bonchev–Trinajstić information content (AvgIpc) is 3.04. The summed E-state index contributed by atoms with van der Waals surface area (Å²) in [7, 11) is 0. The molecule has 0 saturated carbocycles. The molecule has 0 aliphatic heterocycles. The lowest BCUT2D eigenvalue weighted by atomic mass is 10.0. The standard InChI is InChI=1S/C18H12ClF3N4O3/c1-9-15(16(25-24-9)18(20,21)22)13-7-6-12(8-14(13)26(28)29)23-17(27)10-2-4-11(19)5-3-10/h2-8H,1H3,(H,23,27)(H,24,25). The van der Waals surface area contributed by atoms with Gasteiger partial charge in [0.15, 0.2) is 5.69 Å². The van der Waals surface area contributed by atoms with E-state index in [1.54, 1.807) is 0 Å². The van der Waals surface area contributed by atoms with Crippen LogP contribution in [0.4, 0.5) is 24.5 Å². The lowest BCUT2D eigenvalue weighted by Gasteiger charge is -2.10. The normalized spacial score (nSPS) is 11.3. The summed E-state index contributed by atoms with van der Waals surface area (Å²) in [6.07, 6.45) is -4.80. The second-order valence-electron chi connectivity index (χ2n) is 6.02. The Hall–Kier alpha value is -3.40. The van der Waals surface area contributed by atoms with Crippen molar-refractivity contribution >= 4 is 28.9 Å². The van der Waals surface area contributed by atoms with Crippen LogP contribution in [-0.2, 0) is 6.18 Å². The number of anilines is 1. The molecule has 3 rings (SSSR count). The van der Waals surface area contributed by atoms with Crippen molar-refractivity contribution in [3.63, 3.8) is 0 Å². The molecule has 0 saturated heterocycles. The molecule has 1 amide bonds. The number of aryl methyl sites for hydroxylation is 1. The maximum atomic E-state index is 13.2. The Bertz CT molecular complexity index is 1090.